The molecule has 2 N–H and O–H groups in total. The molecule has 3 aromatic rings. The van der Waals surface area contributed by atoms with E-state index in [-0.39, 0.29) is 0 Å². The topological polar surface area (TPSA) is 64.7 Å². The van der Waals surface area contributed by atoms with E-state index in [4.69, 9.17) is 5.73 Å². The smallest absolute Gasteiger partial charge is 0.142 e. The molecule has 90 valence electrons. The van der Waals surface area contributed by atoms with Gasteiger partial charge in [-0.1, -0.05) is 17.8 Å². The fourth-order valence-electron chi connectivity index (χ4n) is 1.56. The average Bonchev–Trinajstić information content (AvgIpc) is 2.86. The first-order chi connectivity index (χ1) is 8.83. The fraction of sp³-hybridized carbons (Fsp3) is 0.0833. The van der Waals surface area contributed by atoms with Crippen molar-refractivity contribution in [1.29, 1.82) is 0 Å². The number of thioether (sulfide) groups is 1. The van der Waals surface area contributed by atoms with Crippen LogP contribution in [-0.4, -0.2) is 15.0 Å². The number of hydrogen-bond donors (Lipinski definition) is 1. The molecule has 0 bridgehead atoms. The highest BCUT2D eigenvalue weighted by Gasteiger charge is 2.06. The maximum absolute atomic E-state index is 5.90. The summed E-state index contributed by atoms with van der Waals surface area (Å²) in [7, 11) is 0. The predicted molar refractivity (Wildman–Crippen MR) is 75.6 cm³/mol. The van der Waals surface area contributed by atoms with Crippen molar-refractivity contribution < 1.29 is 0 Å². The zero-order valence-electron chi connectivity index (χ0n) is 9.41. The van der Waals surface area contributed by atoms with E-state index in [1.54, 1.807) is 29.3 Å². The van der Waals surface area contributed by atoms with E-state index in [1.165, 1.54) is 0 Å². The average molecular weight is 274 g/mol. The van der Waals surface area contributed by atoms with Crippen molar-refractivity contribution in [2.75, 3.05) is 5.73 Å². The molecule has 0 spiro atoms. The summed E-state index contributed by atoms with van der Waals surface area (Å²) in [6.07, 6.45) is 1.78. The molecular formula is C12H10N4S2. The third-order valence-electron chi connectivity index (χ3n) is 2.39. The van der Waals surface area contributed by atoms with Crippen molar-refractivity contribution in [2.24, 2.45) is 0 Å². The van der Waals surface area contributed by atoms with Crippen LogP contribution < -0.4 is 5.73 Å². The number of aromatic nitrogens is 3. The fourth-order valence-corrected chi connectivity index (χ4v) is 3.07. The molecule has 6 heteroatoms. The number of rotatable bonds is 3. The van der Waals surface area contributed by atoms with E-state index < -0.39 is 0 Å². The Hall–Kier alpha value is -1.66. The Balaban J connectivity index is 1.82. The molecule has 0 aliphatic heterocycles. The van der Waals surface area contributed by atoms with Crippen molar-refractivity contribution in [3.05, 3.63) is 41.7 Å². The van der Waals surface area contributed by atoms with E-state index in [0.717, 1.165) is 21.1 Å². The summed E-state index contributed by atoms with van der Waals surface area (Å²) in [4.78, 5) is 14.0. The number of anilines is 1. The van der Waals surface area contributed by atoms with Gasteiger partial charge in [0.1, 0.15) is 16.5 Å². The van der Waals surface area contributed by atoms with Gasteiger partial charge in [-0.3, -0.25) is 0 Å². The van der Waals surface area contributed by atoms with Gasteiger partial charge >= 0.3 is 0 Å². The summed E-state index contributed by atoms with van der Waals surface area (Å²) in [6.45, 7) is 0. The summed E-state index contributed by atoms with van der Waals surface area (Å²) in [5.74, 6) is 1.98. The van der Waals surface area contributed by atoms with Gasteiger partial charge in [-0.15, -0.1) is 11.3 Å². The lowest BCUT2D eigenvalue weighted by molar-refractivity contribution is 1.07. The zero-order chi connectivity index (χ0) is 12.4. The van der Waals surface area contributed by atoms with Gasteiger partial charge < -0.3 is 5.73 Å². The molecule has 0 aliphatic carbocycles. The molecule has 3 rings (SSSR count). The van der Waals surface area contributed by atoms with Gasteiger partial charge in [-0.25, -0.2) is 15.0 Å². The minimum absolute atomic E-state index is 0.554. The molecule has 3 heterocycles. The van der Waals surface area contributed by atoms with E-state index in [9.17, 15) is 0 Å². The van der Waals surface area contributed by atoms with Gasteiger partial charge in [0.2, 0.25) is 0 Å². The van der Waals surface area contributed by atoms with E-state index in [0.29, 0.717) is 11.6 Å². The van der Waals surface area contributed by atoms with Crippen molar-refractivity contribution in [1.82, 2.24) is 15.0 Å². The second kappa shape index (κ2) is 4.91. The molecule has 3 aromatic heterocycles. The molecule has 0 atom stereocenters. The number of thiophene rings is 1. The molecule has 0 fully saturated rings. The minimum atomic E-state index is 0.554. The predicted octanol–water partition coefficient (Wildman–Crippen LogP) is 2.96. The van der Waals surface area contributed by atoms with Crippen molar-refractivity contribution in [2.45, 2.75) is 10.8 Å². The normalized spacial score (nSPS) is 10.9. The number of nitrogens with zero attached hydrogens (tertiary/aromatic N) is 3. The third-order valence-corrected chi connectivity index (χ3v) is 4.13. The number of fused-ring (bicyclic) bond motifs is 1. The molecule has 4 nitrogen and oxygen atoms in total. The maximum Gasteiger partial charge on any atom is 0.142 e. The van der Waals surface area contributed by atoms with Crippen LogP contribution in [0.25, 0.3) is 10.2 Å². The Morgan fingerprint density at radius 1 is 1.22 bits per heavy atom. The summed E-state index contributed by atoms with van der Waals surface area (Å²) in [5, 5.41) is 3.88. The monoisotopic (exact) mass is 274 g/mol. The molecule has 0 amide bonds. The standard InChI is InChI=1S/C12H10N4S2/c13-11-8-4-6-17-12(8)16-9(15-11)7-18-10-3-1-2-5-14-10/h1-6H,7H2,(H2,13,15,16). The van der Waals surface area contributed by atoms with Crippen LogP contribution in [0.3, 0.4) is 0 Å². The van der Waals surface area contributed by atoms with Crippen LogP contribution in [0.1, 0.15) is 5.82 Å². The number of hydrogen-bond acceptors (Lipinski definition) is 6. The first-order valence-corrected chi connectivity index (χ1v) is 7.23. The summed E-state index contributed by atoms with van der Waals surface area (Å²) < 4.78 is 0. The molecule has 0 saturated heterocycles. The van der Waals surface area contributed by atoms with Crippen LogP contribution in [-0.2, 0) is 5.75 Å². The molecule has 0 radical (unpaired) electrons. The lowest BCUT2D eigenvalue weighted by Gasteiger charge is -2.02. The van der Waals surface area contributed by atoms with Gasteiger partial charge in [-0.2, -0.15) is 0 Å². The quantitative estimate of drug-likeness (QED) is 0.744. The molecule has 0 aromatic carbocycles. The van der Waals surface area contributed by atoms with Gasteiger partial charge in [0.15, 0.2) is 0 Å². The third kappa shape index (κ3) is 2.30. The summed E-state index contributed by atoms with van der Waals surface area (Å²) in [6, 6.07) is 7.78. The maximum atomic E-state index is 5.90. The lowest BCUT2D eigenvalue weighted by Crippen LogP contribution is -1.98. The first-order valence-electron chi connectivity index (χ1n) is 5.36. The van der Waals surface area contributed by atoms with Crippen LogP contribution in [0.4, 0.5) is 5.82 Å². The van der Waals surface area contributed by atoms with Gasteiger partial charge in [-0.05, 0) is 23.6 Å². The molecule has 0 aliphatic rings. The molecular weight excluding hydrogens is 264 g/mol. The Labute approximate surface area is 112 Å². The highest BCUT2D eigenvalue weighted by molar-refractivity contribution is 7.98. The highest BCUT2D eigenvalue weighted by atomic mass is 32.2. The second-order valence-electron chi connectivity index (χ2n) is 3.62. The molecule has 0 saturated carbocycles. The Bertz CT molecular complexity index is 666. The van der Waals surface area contributed by atoms with Crippen molar-refractivity contribution >= 4 is 39.1 Å². The zero-order valence-corrected chi connectivity index (χ0v) is 11.0. The summed E-state index contributed by atoms with van der Waals surface area (Å²) >= 11 is 3.19. The van der Waals surface area contributed by atoms with E-state index in [1.807, 2.05) is 29.6 Å². The van der Waals surface area contributed by atoms with Gasteiger partial charge in [0, 0.05) is 6.20 Å². The van der Waals surface area contributed by atoms with Crippen LogP contribution in [0.15, 0.2) is 40.9 Å². The van der Waals surface area contributed by atoms with Gasteiger partial charge in [0.25, 0.3) is 0 Å². The molecule has 0 unspecified atom stereocenters. The van der Waals surface area contributed by atoms with Crippen LogP contribution in [0.5, 0.6) is 0 Å². The lowest BCUT2D eigenvalue weighted by atomic mass is 10.4. The Kier molecular flexibility index (Phi) is 3.12. The molecule has 18 heavy (non-hydrogen) atoms. The van der Waals surface area contributed by atoms with E-state index >= 15 is 0 Å². The van der Waals surface area contributed by atoms with Crippen molar-refractivity contribution in [3.63, 3.8) is 0 Å². The second-order valence-corrected chi connectivity index (χ2v) is 5.51. The summed E-state index contributed by atoms with van der Waals surface area (Å²) in [5.41, 5.74) is 5.90. The van der Waals surface area contributed by atoms with Gasteiger partial charge in [0.05, 0.1) is 16.2 Å². The number of pyridine rings is 1. The SMILES string of the molecule is Nc1nc(CSc2ccccn2)nc2sccc12. The largest absolute Gasteiger partial charge is 0.383 e. The Morgan fingerprint density at radius 2 is 2.17 bits per heavy atom. The number of nitrogens with two attached hydrogens (primary N) is 1. The number of nitrogen functional groups attached to an aromatic ring is 1. The Morgan fingerprint density at radius 3 is 3.00 bits per heavy atom. The first kappa shape index (κ1) is 11.4. The highest BCUT2D eigenvalue weighted by Crippen LogP contribution is 2.25. The van der Waals surface area contributed by atoms with Crippen LogP contribution >= 0.6 is 23.1 Å². The van der Waals surface area contributed by atoms with Crippen molar-refractivity contribution in [3.8, 4) is 0 Å². The van der Waals surface area contributed by atoms with E-state index in [2.05, 4.69) is 15.0 Å². The van der Waals surface area contributed by atoms with Crippen LogP contribution in [0, 0.1) is 0 Å². The minimum Gasteiger partial charge on any atom is -0.383 e. The van der Waals surface area contributed by atoms with Crippen LogP contribution in [0.2, 0.25) is 0 Å².